The number of rotatable bonds is 8. The van der Waals surface area contributed by atoms with E-state index in [1.165, 1.54) is 17.3 Å². The van der Waals surface area contributed by atoms with E-state index in [1.54, 1.807) is 0 Å². The van der Waals surface area contributed by atoms with Gasteiger partial charge in [-0.1, -0.05) is 19.1 Å². The number of carbonyl (C=O) groups is 1. The highest BCUT2D eigenvalue weighted by Crippen LogP contribution is 2.18. The van der Waals surface area contributed by atoms with E-state index in [0.29, 0.717) is 12.4 Å². The second kappa shape index (κ2) is 9.00. The van der Waals surface area contributed by atoms with Gasteiger partial charge in [-0.15, -0.1) is 11.8 Å². The largest absolute Gasteiger partial charge is 0.465 e. The van der Waals surface area contributed by atoms with E-state index in [9.17, 15) is 4.79 Å². The Labute approximate surface area is 113 Å². The van der Waals surface area contributed by atoms with Crippen molar-refractivity contribution in [2.45, 2.75) is 31.7 Å². The van der Waals surface area contributed by atoms with Crippen molar-refractivity contribution >= 4 is 17.7 Å². The highest BCUT2D eigenvalue weighted by atomic mass is 32.2. The first-order valence-electron chi connectivity index (χ1n) is 6.34. The van der Waals surface area contributed by atoms with E-state index < -0.39 is 0 Å². The summed E-state index contributed by atoms with van der Waals surface area (Å²) in [7, 11) is 0. The van der Waals surface area contributed by atoms with Crippen LogP contribution in [-0.4, -0.2) is 24.9 Å². The highest BCUT2D eigenvalue weighted by Gasteiger charge is 2.03. The lowest BCUT2D eigenvalue weighted by Crippen LogP contribution is -2.13. The molecule has 0 unspecified atom stereocenters. The Bertz CT molecular complexity index is 351. The number of benzene rings is 1. The molecule has 0 heterocycles. The van der Waals surface area contributed by atoms with Gasteiger partial charge in [0.2, 0.25) is 0 Å². The molecule has 1 N–H and O–H groups in total. The van der Waals surface area contributed by atoms with Gasteiger partial charge in [0, 0.05) is 11.4 Å². The lowest BCUT2D eigenvalue weighted by molar-refractivity contribution is -0.139. The van der Waals surface area contributed by atoms with Gasteiger partial charge in [0.05, 0.1) is 12.4 Å². The zero-order valence-electron chi connectivity index (χ0n) is 11.1. The van der Waals surface area contributed by atoms with Crippen LogP contribution < -0.4 is 5.32 Å². The number of hydrogen-bond donors (Lipinski definition) is 1. The van der Waals surface area contributed by atoms with Gasteiger partial charge in [-0.2, -0.15) is 0 Å². The molecule has 1 rings (SSSR count). The molecule has 0 bridgehead atoms. The number of nitrogens with one attached hydrogen (secondary N) is 1. The Morgan fingerprint density at radius 2 is 2.00 bits per heavy atom. The molecule has 0 saturated carbocycles. The average molecular weight is 267 g/mol. The summed E-state index contributed by atoms with van der Waals surface area (Å²) in [4.78, 5) is 12.3. The number of carbonyl (C=O) groups excluding carboxylic acids is 1. The SMILES string of the molecule is CCCNCc1ccc(SCC(=O)OCC)cc1. The summed E-state index contributed by atoms with van der Waals surface area (Å²) in [6.45, 7) is 6.36. The Morgan fingerprint density at radius 1 is 1.28 bits per heavy atom. The Balaban J connectivity index is 2.33. The third-order valence-corrected chi connectivity index (χ3v) is 3.33. The van der Waals surface area contributed by atoms with Crippen LogP contribution in [0.1, 0.15) is 25.8 Å². The van der Waals surface area contributed by atoms with Crippen molar-refractivity contribution in [1.82, 2.24) is 5.32 Å². The average Bonchev–Trinajstić information content (AvgIpc) is 2.38. The van der Waals surface area contributed by atoms with E-state index >= 15 is 0 Å². The summed E-state index contributed by atoms with van der Waals surface area (Å²) >= 11 is 1.51. The standard InChI is InChI=1S/C14H21NO2S/c1-3-9-15-10-12-5-7-13(8-6-12)18-11-14(16)17-4-2/h5-8,15H,3-4,9-11H2,1-2H3. The third-order valence-electron chi connectivity index (χ3n) is 2.34. The van der Waals surface area contributed by atoms with Crippen molar-refractivity contribution < 1.29 is 9.53 Å². The molecule has 0 atom stereocenters. The topological polar surface area (TPSA) is 38.3 Å². The lowest BCUT2D eigenvalue weighted by Gasteiger charge is -2.05. The van der Waals surface area contributed by atoms with E-state index in [0.717, 1.165) is 24.4 Å². The fourth-order valence-corrected chi connectivity index (χ4v) is 2.15. The smallest absolute Gasteiger partial charge is 0.316 e. The molecule has 0 spiro atoms. The van der Waals surface area contributed by atoms with Crippen LogP contribution in [0.15, 0.2) is 29.2 Å². The highest BCUT2D eigenvalue weighted by molar-refractivity contribution is 8.00. The molecule has 0 aliphatic rings. The second-order valence-electron chi connectivity index (χ2n) is 3.91. The van der Waals surface area contributed by atoms with Crippen LogP contribution in [0.2, 0.25) is 0 Å². The molecule has 0 aliphatic carbocycles. The molecule has 4 heteroatoms. The van der Waals surface area contributed by atoms with E-state index in [-0.39, 0.29) is 5.97 Å². The zero-order chi connectivity index (χ0) is 13.2. The van der Waals surface area contributed by atoms with Crippen LogP contribution in [0.5, 0.6) is 0 Å². The Hall–Kier alpha value is -1.00. The molecular weight excluding hydrogens is 246 g/mol. The van der Waals surface area contributed by atoms with Crippen molar-refractivity contribution in [1.29, 1.82) is 0 Å². The van der Waals surface area contributed by atoms with Gasteiger partial charge in [-0.3, -0.25) is 4.79 Å². The first-order chi connectivity index (χ1) is 8.76. The molecule has 1 aromatic rings. The van der Waals surface area contributed by atoms with E-state index in [2.05, 4.69) is 24.4 Å². The van der Waals surface area contributed by atoms with Crippen LogP contribution in [-0.2, 0) is 16.1 Å². The minimum absolute atomic E-state index is 0.156. The van der Waals surface area contributed by atoms with Crippen molar-refractivity contribution in [3.05, 3.63) is 29.8 Å². The van der Waals surface area contributed by atoms with Crippen molar-refractivity contribution in [3.63, 3.8) is 0 Å². The maximum atomic E-state index is 11.2. The first-order valence-corrected chi connectivity index (χ1v) is 7.33. The van der Waals surface area contributed by atoms with Gasteiger partial charge in [0.15, 0.2) is 0 Å². The minimum Gasteiger partial charge on any atom is -0.465 e. The summed E-state index contributed by atoms with van der Waals surface area (Å²) in [5.41, 5.74) is 1.27. The van der Waals surface area contributed by atoms with Crippen LogP contribution in [0.25, 0.3) is 0 Å². The monoisotopic (exact) mass is 267 g/mol. The second-order valence-corrected chi connectivity index (χ2v) is 4.96. The van der Waals surface area contributed by atoms with Crippen LogP contribution in [0.3, 0.4) is 0 Å². The van der Waals surface area contributed by atoms with Crippen LogP contribution >= 0.6 is 11.8 Å². The molecule has 0 aliphatic heterocycles. The number of ether oxygens (including phenoxy) is 1. The molecule has 0 radical (unpaired) electrons. The van der Waals surface area contributed by atoms with E-state index in [4.69, 9.17) is 4.74 Å². The normalized spacial score (nSPS) is 10.3. The molecule has 18 heavy (non-hydrogen) atoms. The van der Waals surface area contributed by atoms with Gasteiger partial charge < -0.3 is 10.1 Å². The first kappa shape index (κ1) is 15.1. The maximum Gasteiger partial charge on any atom is 0.316 e. The van der Waals surface area contributed by atoms with Gasteiger partial charge in [0.1, 0.15) is 0 Å². The van der Waals surface area contributed by atoms with Gasteiger partial charge in [-0.25, -0.2) is 0 Å². The summed E-state index contributed by atoms with van der Waals surface area (Å²) in [5.74, 6) is 0.220. The van der Waals surface area contributed by atoms with Gasteiger partial charge >= 0.3 is 5.97 Å². The fourth-order valence-electron chi connectivity index (χ4n) is 1.46. The molecule has 0 aromatic heterocycles. The molecule has 3 nitrogen and oxygen atoms in total. The van der Waals surface area contributed by atoms with Crippen LogP contribution in [0, 0.1) is 0 Å². The van der Waals surface area contributed by atoms with Crippen LogP contribution in [0.4, 0.5) is 0 Å². The molecule has 0 fully saturated rings. The molecule has 1 aromatic carbocycles. The third kappa shape index (κ3) is 6.07. The Morgan fingerprint density at radius 3 is 2.61 bits per heavy atom. The maximum absolute atomic E-state index is 11.2. The molecule has 100 valence electrons. The lowest BCUT2D eigenvalue weighted by atomic mass is 10.2. The minimum atomic E-state index is -0.156. The Kier molecular flexibility index (Phi) is 7.53. The summed E-state index contributed by atoms with van der Waals surface area (Å²) in [6.07, 6.45) is 1.15. The summed E-state index contributed by atoms with van der Waals surface area (Å²) < 4.78 is 4.88. The number of esters is 1. The number of hydrogen-bond acceptors (Lipinski definition) is 4. The predicted octanol–water partition coefficient (Wildman–Crippen LogP) is 2.84. The van der Waals surface area contributed by atoms with Gasteiger partial charge in [-0.05, 0) is 37.6 Å². The molecule has 0 saturated heterocycles. The van der Waals surface area contributed by atoms with Crippen molar-refractivity contribution in [2.24, 2.45) is 0 Å². The predicted molar refractivity (Wildman–Crippen MR) is 75.8 cm³/mol. The quantitative estimate of drug-likeness (QED) is 0.446. The van der Waals surface area contributed by atoms with Gasteiger partial charge in [0.25, 0.3) is 0 Å². The fraction of sp³-hybridized carbons (Fsp3) is 0.500. The zero-order valence-corrected chi connectivity index (χ0v) is 11.9. The summed E-state index contributed by atoms with van der Waals surface area (Å²) in [5, 5.41) is 3.36. The molecular formula is C14H21NO2S. The van der Waals surface area contributed by atoms with Crippen molar-refractivity contribution in [2.75, 3.05) is 18.9 Å². The van der Waals surface area contributed by atoms with Crippen molar-refractivity contribution in [3.8, 4) is 0 Å². The van der Waals surface area contributed by atoms with E-state index in [1.807, 2.05) is 19.1 Å². The summed E-state index contributed by atoms with van der Waals surface area (Å²) in [6, 6.07) is 8.28. The molecule has 0 amide bonds. The number of thioether (sulfide) groups is 1.